The number of hydrogen-bond acceptors (Lipinski definition) is 3. The van der Waals surface area contributed by atoms with Gasteiger partial charge in [-0.05, 0) is 25.3 Å². The van der Waals surface area contributed by atoms with Gasteiger partial charge in [0.1, 0.15) is 5.01 Å². The first-order chi connectivity index (χ1) is 9.74. The standard InChI is InChI=1S/C16H18N2OS/c1-11-4-2-3-5-14(11)16-18-13(10-20-16)8-9-17-15(19)12-6-7-12/h2-5,10,12H,6-9H2,1H3,(H,17,19). The molecule has 0 unspecified atom stereocenters. The molecule has 1 amide bonds. The van der Waals surface area contributed by atoms with Crippen LogP contribution in [0.1, 0.15) is 24.1 Å². The molecule has 20 heavy (non-hydrogen) atoms. The first-order valence-electron chi connectivity index (χ1n) is 7.02. The first kappa shape index (κ1) is 13.3. The average molecular weight is 286 g/mol. The van der Waals surface area contributed by atoms with E-state index < -0.39 is 0 Å². The van der Waals surface area contributed by atoms with E-state index in [1.54, 1.807) is 11.3 Å². The first-order valence-corrected chi connectivity index (χ1v) is 7.90. The van der Waals surface area contributed by atoms with Gasteiger partial charge in [0, 0.05) is 29.8 Å². The third kappa shape index (κ3) is 3.07. The Labute approximate surface area is 123 Å². The van der Waals surface area contributed by atoms with Crippen molar-refractivity contribution in [2.45, 2.75) is 26.2 Å². The van der Waals surface area contributed by atoms with E-state index in [9.17, 15) is 4.79 Å². The monoisotopic (exact) mass is 286 g/mol. The molecule has 0 bridgehead atoms. The molecule has 3 rings (SSSR count). The van der Waals surface area contributed by atoms with Crippen molar-refractivity contribution in [3.63, 3.8) is 0 Å². The minimum absolute atomic E-state index is 0.208. The molecule has 0 saturated heterocycles. The summed E-state index contributed by atoms with van der Waals surface area (Å²) in [4.78, 5) is 16.2. The van der Waals surface area contributed by atoms with Crippen LogP contribution < -0.4 is 5.32 Å². The van der Waals surface area contributed by atoms with Crippen molar-refractivity contribution in [3.8, 4) is 10.6 Å². The number of nitrogens with zero attached hydrogens (tertiary/aromatic N) is 1. The van der Waals surface area contributed by atoms with Crippen LogP contribution in [0.5, 0.6) is 0 Å². The number of benzene rings is 1. The topological polar surface area (TPSA) is 42.0 Å². The SMILES string of the molecule is Cc1ccccc1-c1nc(CCNC(=O)C2CC2)cs1. The Morgan fingerprint density at radius 2 is 2.20 bits per heavy atom. The lowest BCUT2D eigenvalue weighted by Crippen LogP contribution is -2.26. The molecule has 4 heteroatoms. The summed E-state index contributed by atoms with van der Waals surface area (Å²) >= 11 is 1.67. The lowest BCUT2D eigenvalue weighted by molar-refractivity contribution is -0.122. The van der Waals surface area contributed by atoms with Crippen LogP contribution in [0.15, 0.2) is 29.6 Å². The Morgan fingerprint density at radius 3 is 2.95 bits per heavy atom. The van der Waals surface area contributed by atoms with E-state index in [2.05, 4.69) is 34.7 Å². The average Bonchev–Trinajstić information content (AvgIpc) is 3.20. The van der Waals surface area contributed by atoms with Crippen molar-refractivity contribution < 1.29 is 4.79 Å². The number of rotatable bonds is 5. The number of thiazole rings is 1. The molecule has 1 saturated carbocycles. The molecule has 1 aromatic heterocycles. The maximum Gasteiger partial charge on any atom is 0.223 e. The number of carbonyl (C=O) groups is 1. The van der Waals surface area contributed by atoms with Crippen molar-refractivity contribution in [2.24, 2.45) is 5.92 Å². The van der Waals surface area contributed by atoms with Crippen LogP contribution in [0, 0.1) is 12.8 Å². The number of aryl methyl sites for hydroxylation is 1. The molecule has 0 spiro atoms. The molecule has 0 aliphatic heterocycles. The van der Waals surface area contributed by atoms with E-state index in [0.29, 0.717) is 6.54 Å². The molecule has 1 fully saturated rings. The van der Waals surface area contributed by atoms with Gasteiger partial charge in [0.25, 0.3) is 0 Å². The summed E-state index contributed by atoms with van der Waals surface area (Å²) in [5.41, 5.74) is 3.51. The van der Waals surface area contributed by atoms with Crippen LogP contribution in [-0.2, 0) is 11.2 Å². The molecule has 104 valence electrons. The third-order valence-corrected chi connectivity index (χ3v) is 4.48. The predicted octanol–water partition coefficient (Wildman–Crippen LogP) is 3.19. The van der Waals surface area contributed by atoms with E-state index in [0.717, 1.165) is 30.0 Å². The number of aromatic nitrogens is 1. The molecule has 2 aromatic rings. The number of carbonyl (C=O) groups excluding carboxylic acids is 1. The fraction of sp³-hybridized carbons (Fsp3) is 0.375. The summed E-state index contributed by atoms with van der Waals surface area (Å²) in [6.07, 6.45) is 2.92. The Balaban J connectivity index is 1.59. The predicted molar refractivity (Wildman–Crippen MR) is 81.7 cm³/mol. The Bertz CT molecular complexity index is 616. The molecule has 1 aliphatic rings. The summed E-state index contributed by atoms with van der Waals surface area (Å²) in [7, 11) is 0. The molecular formula is C16H18N2OS. The van der Waals surface area contributed by atoms with E-state index in [4.69, 9.17) is 0 Å². The van der Waals surface area contributed by atoms with Gasteiger partial charge in [-0.3, -0.25) is 4.79 Å². The quantitative estimate of drug-likeness (QED) is 0.917. The van der Waals surface area contributed by atoms with Gasteiger partial charge in [0.2, 0.25) is 5.91 Å². The largest absolute Gasteiger partial charge is 0.355 e. The fourth-order valence-electron chi connectivity index (χ4n) is 2.16. The molecule has 1 heterocycles. The van der Waals surface area contributed by atoms with Crippen molar-refractivity contribution in [2.75, 3.05) is 6.54 Å². The number of hydrogen-bond donors (Lipinski definition) is 1. The highest BCUT2D eigenvalue weighted by molar-refractivity contribution is 7.13. The molecule has 1 aromatic carbocycles. The molecular weight excluding hydrogens is 268 g/mol. The lowest BCUT2D eigenvalue weighted by Gasteiger charge is -2.02. The van der Waals surface area contributed by atoms with E-state index in [1.165, 1.54) is 11.1 Å². The van der Waals surface area contributed by atoms with Crippen LogP contribution in [0.3, 0.4) is 0 Å². The minimum atomic E-state index is 0.208. The number of nitrogens with one attached hydrogen (secondary N) is 1. The van der Waals surface area contributed by atoms with E-state index in [1.807, 2.05) is 12.1 Å². The van der Waals surface area contributed by atoms with Crippen molar-refractivity contribution in [1.29, 1.82) is 0 Å². The molecule has 1 N–H and O–H groups in total. The van der Waals surface area contributed by atoms with Crippen molar-refractivity contribution in [1.82, 2.24) is 10.3 Å². The summed E-state index contributed by atoms with van der Waals surface area (Å²) < 4.78 is 0. The fourth-order valence-corrected chi connectivity index (χ4v) is 3.11. The molecule has 0 radical (unpaired) electrons. The van der Waals surface area contributed by atoms with Crippen LogP contribution in [-0.4, -0.2) is 17.4 Å². The van der Waals surface area contributed by atoms with Crippen LogP contribution in [0.4, 0.5) is 0 Å². The smallest absolute Gasteiger partial charge is 0.223 e. The highest BCUT2D eigenvalue weighted by atomic mass is 32.1. The van der Waals surface area contributed by atoms with Crippen molar-refractivity contribution in [3.05, 3.63) is 40.9 Å². The van der Waals surface area contributed by atoms with Crippen molar-refractivity contribution >= 4 is 17.2 Å². The van der Waals surface area contributed by atoms with E-state index >= 15 is 0 Å². The van der Waals surface area contributed by atoms with Gasteiger partial charge in [-0.2, -0.15) is 0 Å². The Hall–Kier alpha value is -1.68. The normalized spacial score (nSPS) is 14.2. The maximum absolute atomic E-state index is 11.5. The second-order valence-corrected chi connectivity index (χ2v) is 6.13. The van der Waals surface area contributed by atoms with Crippen LogP contribution >= 0.6 is 11.3 Å². The highest BCUT2D eigenvalue weighted by Crippen LogP contribution is 2.29. The van der Waals surface area contributed by atoms with Gasteiger partial charge in [-0.1, -0.05) is 24.3 Å². The Morgan fingerprint density at radius 1 is 1.40 bits per heavy atom. The lowest BCUT2D eigenvalue weighted by atomic mass is 10.1. The van der Waals surface area contributed by atoms with Gasteiger partial charge >= 0.3 is 0 Å². The zero-order valence-electron chi connectivity index (χ0n) is 11.6. The summed E-state index contributed by atoms with van der Waals surface area (Å²) in [5.74, 6) is 0.493. The Kier molecular flexibility index (Phi) is 3.83. The summed E-state index contributed by atoms with van der Waals surface area (Å²) in [6.45, 7) is 2.79. The minimum Gasteiger partial charge on any atom is -0.355 e. The molecule has 0 atom stereocenters. The highest BCUT2D eigenvalue weighted by Gasteiger charge is 2.29. The third-order valence-electron chi connectivity index (χ3n) is 3.56. The maximum atomic E-state index is 11.5. The van der Waals surface area contributed by atoms with Gasteiger partial charge in [-0.15, -0.1) is 11.3 Å². The van der Waals surface area contributed by atoms with Crippen LogP contribution in [0.25, 0.3) is 10.6 Å². The van der Waals surface area contributed by atoms with E-state index in [-0.39, 0.29) is 11.8 Å². The van der Waals surface area contributed by atoms with Crippen LogP contribution in [0.2, 0.25) is 0 Å². The molecule has 1 aliphatic carbocycles. The van der Waals surface area contributed by atoms with Gasteiger partial charge < -0.3 is 5.32 Å². The molecule has 3 nitrogen and oxygen atoms in total. The zero-order valence-corrected chi connectivity index (χ0v) is 12.4. The summed E-state index contributed by atoms with van der Waals surface area (Å²) in [5, 5.41) is 6.13. The van der Waals surface area contributed by atoms with Gasteiger partial charge in [-0.25, -0.2) is 4.98 Å². The van der Waals surface area contributed by atoms with Gasteiger partial charge in [0.15, 0.2) is 0 Å². The zero-order chi connectivity index (χ0) is 13.9. The number of amides is 1. The van der Waals surface area contributed by atoms with Gasteiger partial charge in [0.05, 0.1) is 5.69 Å². The second kappa shape index (κ2) is 5.75. The second-order valence-electron chi connectivity index (χ2n) is 5.27. The summed E-state index contributed by atoms with van der Waals surface area (Å²) in [6, 6.07) is 8.29.